The Balaban J connectivity index is 1.58. The maximum atomic E-state index is 13.7. The summed E-state index contributed by atoms with van der Waals surface area (Å²) >= 11 is 6.04. The molecule has 2 heterocycles. The Morgan fingerprint density at radius 3 is 2.60 bits per heavy atom. The lowest BCUT2D eigenvalue weighted by molar-refractivity contribution is 0.449. The molecule has 0 bridgehead atoms. The quantitative estimate of drug-likeness (QED) is 0.859. The number of aromatic nitrogens is 2. The third kappa shape index (κ3) is 2.93. The molecule has 7 heteroatoms. The number of nitrogens with zero attached hydrogens (tertiary/aromatic N) is 3. The van der Waals surface area contributed by atoms with E-state index in [1.165, 1.54) is 6.07 Å². The molecule has 4 N–H and O–H groups in total. The molecule has 25 heavy (non-hydrogen) atoms. The standard InChI is InChI=1S/C18H21ClFN5/c1-18(22)5-10-8-25(9-11(10)6-18)14-7-23-16(17(21)24-14)12-3-2-4-13(20)15(12)19/h2-4,7,10-11H,5-6,8-9,22H2,1H3,(H2,21,24)/t10-,11+,18?. The molecular formula is C18H21ClFN5. The first kappa shape index (κ1) is 16.5. The van der Waals surface area contributed by atoms with E-state index in [0.29, 0.717) is 23.1 Å². The van der Waals surface area contributed by atoms with Crippen LogP contribution in [0.5, 0.6) is 0 Å². The molecule has 1 saturated heterocycles. The first-order valence-electron chi connectivity index (χ1n) is 8.45. The molecule has 1 saturated carbocycles. The Bertz CT molecular complexity index is 809. The molecular weight excluding hydrogens is 341 g/mol. The number of fused-ring (bicyclic) bond motifs is 1. The fraction of sp³-hybridized carbons (Fsp3) is 0.444. The van der Waals surface area contributed by atoms with E-state index in [1.807, 2.05) is 0 Å². The molecule has 1 aromatic heterocycles. The average molecular weight is 362 g/mol. The van der Waals surface area contributed by atoms with Crippen LogP contribution in [0.4, 0.5) is 16.0 Å². The van der Waals surface area contributed by atoms with E-state index < -0.39 is 5.82 Å². The van der Waals surface area contributed by atoms with Gasteiger partial charge in [0, 0.05) is 24.2 Å². The predicted molar refractivity (Wildman–Crippen MR) is 97.9 cm³/mol. The zero-order valence-corrected chi connectivity index (χ0v) is 14.8. The van der Waals surface area contributed by atoms with Crippen LogP contribution in [0.25, 0.3) is 11.3 Å². The van der Waals surface area contributed by atoms with Gasteiger partial charge in [-0.05, 0) is 37.7 Å². The van der Waals surface area contributed by atoms with E-state index in [0.717, 1.165) is 31.7 Å². The van der Waals surface area contributed by atoms with Crippen LogP contribution < -0.4 is 16.4 Å². The minimum absolute atomic E-state index is 0.00851. The highest BCUT2D eigenvalue weighted by Gasteiger charge is 2.45. The molecule has 4 rings (SSSR count). The lowest BCUT2D eigenvalue weighted by Gasteiger charge is -2.23. The van der Waals surface area contributed by atoms with E-state index in [2.05, 4.69) is 21.8 Å². The van der Waals surface area contributed by atoms with E-state index in [9.17, 15) is 4.39 Å². The number of hydrogen-bond donors (Lipinski definition) is 2. The van der Waals surface area contributed by atoms with Gasteiger partial charge in [-0.15, -0.1) is 0 Å². The molecule has 1 aliphatic heterocycles. The molecule has 0 amide bonds. The second-order valence-corrected chi connectivity index (χ2v) is 7.93. The molecule has 132 valence electrons. The van der Waals surface area contributed by atoms with Crippen molar-refractivity contribution >= 4 is 23.2 Å². The molecule has 1 aromatic carbocycles. The van der Waals surface area contributed by atoms with Crippen molar-refractivity contribution in [3.63, 3.8) is 0 Å². The van der Waals surface area contributed by atoms with Crippen LogP contribution in [0.3, 0.4) is 0 Å². The second kappa shape index (κ2) is 5.81. The van der Waals surface area contributed by atoms with E-state index >= 15 is 0 Å². The van der Waals surface area contributed by atoms with Gasteiger partial charge in [0.05, 0.1) is 11.2 Å². The molecule has 1 aliphatic carbocycles. The van der Waals surface area contributed by atoms with Crippen molar-refractivity contribution in [2.45, 2.75) is 25.3 Å². The van der Waals surface area contributed by atoms with Crippen molar-refractivity contribution in [1.29, 1.82) is 0 Å². The minimum atomic E-state index is -0.498. The van der Waals surface area contributed by atoms with Crippen molar-refractivity contribution in [1.82, 2.24) is 9.97 Å². The fourth-order valence-electron chi connectivity index (χ4n) is 4.31. The topological polar surface area (TPSA) is 81.1 Å². The highest BCUT2D eigenvalue weighted by molar-refractivity contribution is 6.33. The van der Waals surface area contributed by atoms with Crippen molar-refractivity contribution in [3.05, 3.63) is 35.2 Å². The summed E-state index contributed by atoms with van der Waals surface area (Å²) in [4.78, 5) is 11.1. The Kier molecular flexibility index (Phi) is 3.85. The van der Waals surface area contributed by atoms with Crippen LogP contribution in [0.15, 0.2) is 24.4 Å². The van der Waals surface area contributed by atoms with Gasteiger partial charge in [0.25, 0.3) is 0 Å². The maximum Gasteiger partial charge on any atom is 0.152 e. The summed E-state index contributed by atoms with van der Waals surface area (Å²) in [5.74, 6) is 1.69. The monoisotopic (exact) mass is 361 g/mol. The lowest BCUT2D eigenvalue weighted by atomic mass is 10.00. The molecule has 1 unspecified atom stereocenters. The third-order valence-corrected chi connectivity index (χ3v) is 5.74. The normalized spacial score (nSPS) is 28.4. The summed E-state index contributed by atoms with van der Waals surface area (Å²) in [6, 6.07) is 4.57. The number of halogens is 2. The van der Waals surface area contributed by atoms with Crippen molar-refractivity contribution in [3.8, 4) is 11.3 Å². The molecule has 5 nitrogen and oxygen atoms in total. The summed E-state index contributed by atoms with van der Waals surface area (Å²) in [6.45, 7) is 3.97. The van der Waals surface area contributed by atoms with Gasteiger partial charge in [0.1, 0.15) is 17.3 Å². The van der Waals surface area contributed by atoms with Gasteiger partial charge < -0.3 is 16.4 Å². The van der Waals surface area contributed by atoms with E-state index in [1.54, 1.807) is 18.3 Å². The minimum Gasteiger partial charge on any atom is -0.382 e. The Morgan fingerprint density at radius 2 is 1.96 bits per heavy atom. The summed E-state index contributed by atoms with van der Waals surface area (Å²) < 4.78 is 13.7. The predicted octanol–water partition coefficient (Wildman–Crippen LogP) is 3.08. The lowest BCUT2D eigenvalue weighted by Crippen LogP contribution is -2.35. The van der Waals surface area contributed by atoms with Gasteiger partial charge in [-0.2, -0.15) is 0 Å². The smallest absolute Gasteiger partial charge is 0.152 e. The molecule has 2 fully saturated rings. The summed E-state index contributed by atoms with van der Waals surface area (Å²) in [7, 11) is 0. The van der Waals surface area contributed by atoms with E-state index in [-0.39, 0.29) is 16.4 Å². The largest absolute Gasteiger partial charge is 0.382 e. The second-order valence-electron chi connectivity index (χ2n) is 7.55. The van der Waals surface area contributed by atoms with Crippen LogP contribution in [0.1, 0.15) is 19.8 Å². The summed E-state index contributed by atoms with van der Waals surface area (Å²) in [6.07, 6.45) is 3.76. The Hall–Kier alpha value is -1.92. The Labute approximate surface area is 151 Å². The van der Waals surface area contributed by atoms with Crippen LogP contribution in [-0.4, -0.2) is 28.6 Å². The number of benzene rings is 1. The molecule has 0 radical (unpaired) electrons. The number of nitrogens with two attached hydrogens (primary N) is 2. The number of hydrogen-bond acceptors (Lipinski definition) is 5. The van der Waals surface area contributed by atoms with Gasteiger partial charge in [0.15, 0.2) is 5.82 Å². The Morgan fingerprint density at radius 1 is 1.28 bits per heavy atom. The number of anilines is 2. The van der Waals surface area contributed by atoms with Crippen LogP contribution >= 0.6 is 11.6 Å². The molecule has 0 spiro atoms. The fourth-order valence-corrected chi connectivity index (χ4v) is 4.53. The van der Waals surface area contributed by atoms with Crippen molar-refractivity contribution < 1.29 is 4.39 Å². The van der Waals surface area contributed by atoms with Gasteiger partial charge in [-0.3, -0.25) is 0 Å². The van der Waals surface area contributed by atoms with Gasteiger partial charge >= 0.3 is 0 Å². The van der Waals surface area contributed by atoms with Gasteiger partial charge in [0.2, 0.25) is 0 Å². The van der Waals surface area contributed by atoms with E-state index in [4.69, 9.17) is 23.1 Å². The number of rotatable bonds is 2. The highest BCUT2D eigenvalue weighted by atomic mass is 35.5. The van der Waals surface area contributed by atoms with Crippen molar-refractivity contribution in [2.24, 2.45) is 17.6 Å². The van der Waals surface area contributed by atoms with Gasteiger partial charge in [-0.1, -0.05) is 23.7 Å². The van der Waals surface area contributed by atoms with Crippen LogP contribution in [0, 0.1) is 17.7 Å². The van der Waals surface area contributed by atoms with Crippen LogP contribution in [0.2, 0.25) is 5.02 Å². The SMILES string of the molecule is CC1(N)C[C@H]2CN(c3cnc(-c4cccc(F)c4Cl)c(N)n3)C[C@H]2C1. The third-order valence-electron chi connectivity index (χ3n) is 5.35. The molecule has 3 atom stereocenters. The van der Waals surface area contributed by atoms with Crippen LogP contribution in [-0.2, 0) is 0 Å². The zero-order chi connectivity index (χ0) is 17.8. The van der Waals surface area contributed by atoms with Gasteiger partial charge in [-0.25, -0.2) is 14.4 Å². The molecule has 2 aromatic rings. The molecule has 2 aliphatic rings. The number of nitrogen functional groups attached to an aromatic ring is 1. The highest BCUT2D eigenvalue weighted by Crippen LogP contribution is 2.43. The zero-order valence-electron chi connectivity index (χ0n) is 14.0. The average Bonchev–Trinajstić information content (AvgIpc) is 3.04. The first-order valence-corrected chi connectivity index (χ1v) is 8.82. The summed E-state index contributed by atoms with van der Waals surface area (Å²) in [5, 5.41) is 0.00851. The summed E-state index contributed by atoms with van der Waals surface area (Å²) in [5.41, 5.74) is 13.2. The first-order chi connectivity index (χ1) is 11.8. The van der Waals surface area contributed by atoms with Crippen molar-refractivity contribution in [2.75, 3.05) is 23.7 Å². The maximum absolute atomic E-state index is 13.7.